The highest BCUT2D eigenvalue weighted by molar-refractivity contribution is 5.87. The van der Waals surface area contributed by atoms with Crippen molar-refractivity contribution in [3.8, 4) is 0 Å². The highest BCUT2D eigenvalue weighted by Crippen LogP contribution is 2.19. The van der Waals surface area contributed by atoms with Gasteiger partial charge in [-0.05, 0) is 18.6 Å². The first-order valence-electron chi connectivity index (χ1n) is 5.93. The SMILES string of the molecule is CCCNC(=O)CN(C)c1nc(C(=O)O)ccc1N. The van der Waals surface area contributed by atoms with Gasteiger partial charge < -0.3 is 21.1 Å². The second-order valence-electron chi connectivity index (χ2n) is 4.12. The third kappa shape index (κ3) is 4.13. The van der Waals surface area contributed by atoms with Crippen LogP contribution in [-0.4, -0.2) is 42.1 Å². The molecule has 0 saturated carbocycles. The van der Waals surface area contributed by atoms with Crippen LogP contribution in [0.4, 0.5) is 11.5 Å². The maximum absolute atomic E-state index is 11.6. The van der Waals surface area contributed by atoms with E-state index in [0.29, 0.717) is 12.2 Å². The van der Waals surface area contributed by atoms with Gasteiger partial charge in [0.05, 0.1) is 12.2 Å². The van der Waals surface area contributed by atoms with Crippen molar-refractivity contribution >= 4 is 23.4 Å². The van der Waals surface area contributed by atoms with Gasteiger partial charge in [0.15, 0.2) is 11.5 Å². The third-order valence-corrected chi connectivity index (χ3v) is 2.44. The van der Waals surface area contributed by atoms with E-state index in [2.05, 4.69) is 10.3 Å². The molecule has 1 rings (SSSR count). The van der Waals surface area contributed by atoms with E-state index in [1.807, 2.05) is 6.92 Å². The maximum atomic E-state index is 11.6. The molecule has 7 nitrogen and oxygen atoms in total. The lowest BCUT2D eigenvalue weighted by Crippen LogP contribution is -2.36. The predicted octanol–water partition coefficient (Wildman–Crippen LogP) is 0.324. The molecule has 1 heterocycles. The van der Waals surface area contributed by atoms with Crippen LogP contribution >= 0.6 is 0 Å². The van der Waals surface area contributed by atoms with E-state index in [1.165, 1.54) is 17.0 Å². The molecule has 1 amide bonds. The van der Waals surface area contributed by atoms with Crippen molar-refractivity contribution < 1.29 is 14.7 Å². The smallest absolute Gasteiger partial charge is 0.354 e. The summed E-state index contributed by atoms with van der Waals surface area (Å²) >= 11 is 0. The van der Waals surface area contributed by atoms with Crippen molar-refractivity contribution in [2.24, 2.45) is 0 Å². The van der Waals surface area contributed by atoms with Crippen LogP contribution in [0.15, 0.2) is 12.1 Å². The van der Waals surface area contributed by atoms with Crippen molar-refractivity contribution in [1.29, 1.82) is 0 Å². The molecule has 0 aliphatic carbocycles. The van der Waals surface area contributed by atoms with Gasteiger partial charge in [0.2, 0.25) is 5.91 Å². The molecule has 0 spiro atoms. The summed E-state index contributed by atoms with van der Waals surface area (Å²) < 4.78 is 0. The number of carbonyl (C=O) groups excluding carboxylic acids is 1. The molecule has 0 fully saturated rings. The minimum absolute atomic E-state index is 0.0697. The van der Waals surface area contributed by atoms with E-state index in [-0.39, 0.29) is 24.0 Å². The van der Waals surface area contributed by atoms with Gasteiger partial charge in [0.25, 0.3) is 0 Å². The maximum Gasteiger partial charge on any atom is 0.354 e. The number of nitrogens with one attached hydrogen (secondary N) is 1. The third-order valence-electron chi connectivity index (χ3n) is 2.44. The molecule has 0 aromatic carbocycles. The fourth-order valence-electron chi connectivity index (χ4n) is 1.49. The number of aromatic nitrogens is 1. The number of carbonyl (C=O) groups is 2. The van der Waals surface area contributed by atoms with Crippen LogP contribution in [0.1, 0.15) is 23.8 Å². The molecule has 1 aromatic rings. The first-order chi connectivity index (χ1) is 8.95. The van der Waals surface area contributed by atoms with Crippen LogP contribution in [0, 0.1) is 0 Å². The fourth-order valence-corrected chi connectivity index (χ4v) is 1.49. The van der Waals surface area contributed by atoms with E-state index >= 15 is 0 Å². The predicted molar refractivity (Wildman–Crippen MR) is 72.2 cm³/mol. The zero-order valence-electron chi connectivity index (χ0n) is 11.0. The topological polar surface area (TPSA) is 109 Å². The molecule has 19 heavy (non-hydrogen) atoms. The molecule has 0 unspecified atom stereocenters. The molecule has 0 aliphatic rings. The van der Waals surface area contributed by atoms with Gasteiger partial charge in [-0.3, -0.25) is 4.79 Å². The molecule has 0 radical (unpaired) electrons. The Morgan fingerprint density at radius 2 is 2.16 bits per heavy atom. The largest absolute Gasteiger partial charge is 0.477 e. The van der Waals surface area contributed by atoms with Crippen molar-refractivity contribution in [3.05, 3.63) is 17.8 Å². The van der Waals surface area contributed by atoms with Gasteiger partial charge in [-0.25, -0.2) is 9.78 Å². The summed E-state index contributed by atoms with van der Waals surface area (Å²) in [5, 5.41) is 11.6. The fraction of sp³-hybridized carbons (Fsp3) is 0.417. The number of nitrogens with two attached hydrogens (primary N) is 1. The Bertz CT molecular complexity index is 476. The van der Waals surface area contributed by atoms with E-state index in [0.717, 1.165) is 6.42 Å². The molecule has 0 saturated heterocycles. The quantitative estimate of drug-likeness (QED) is 0.684. The monoisotopic (exact) mass is 266 g/mol. The average Bonchev–Trinajstić information content (AvgIpc) is 2.36. The normalized spacial score (nSPS) is 10.0. The summed E-state index contributed by atoms with van der Waals surface area (Å²) in [7, 11) is 1.63. The summed E-state index contributed by atoms with van der Waals surface area (Å²) in [5.41, 5.74) is 5.96. The van der Waals surface area contributed by atoms with Crippen LogP contribution in [0.5, 0.6) is 0 Å². The van der Waals surface area contributed by atoms with Crippen molar-refractivity contribution in [1.82, 2.24) is 10.3 Å². The molecule has 0 aliphatic heterocycles. The number of rotatable bonds is 6. The number of hydrogen-bond donors (Lipinski definition) is 3. The van der Waals surface area contributed by atoms with Crippen molar-refractivity contribution in [2.75, 3.05) is 30.8 Å². The number of carboxylic acid groups (broad SMARTS) is 1. The first kappa shape index (κ1) is 14.7. The second-order valence-corrected chi connectivity index (χ2v) is 4.12. The second kappa shape index (κ2) is 6.58. The van der Waals surface area contributed by atoms with E-state index in [4.69, 9.17) is 10.8 Å². The first-order valence-corrected chi connectivity index (χ1v) is 5.93. The summed E-state index contributed by atoms with van der Waals surface area (Å²) in [6.45, 7) is 2.63. The lowest BCUT2D eigenvalue weighted by molar-refractivity contribution is -0.119. The lowest BCUT2D eigenvalue weighted by Gasteiger charge is -2.19. The molecule has 7 heteroatoms. The van der Waals surface area contributed by atoms with Gasteiger partial charge >= 0.3 is 5.97 Å². The Kier molecular flexibility index (Phi) is 5.11. The molecule has 0 atom stereocenters. The van der Waals surface area contributed by atoms with Crippen LogP contribution in [0.3, 0.4) is 0 Å². The summed E-state index contributed by atoms with van der Waals surface area (Å²) in [5.74, 6) is -1.01. The Morgan fingerprint density at radius 3 is 2.74 bits per heavy atom. The number of pyridine rings is 1. The van der Waals surface area contributed by atoms with Crippen LogP contribution < -0.4 is 16.0 Å². The van der Waals surface area contributed by atoms with Crippen LogP contribution in [0.2, 0.25) is 0 Å². The zero-order valence-corrected chi connectivity index (χ0v) is 11.0. The lowest BCUT2D eigenvalue weighted by atomic mass is 10.3. The van der Waals surface area contributed by atoms with Gasteiger partial charge in [-0.2, -0.15) is 0 Å². The van der Waals surface area contributed by atoms with E-state index in [1.54, 1.807) is 7.05 Å². The number of carboxylic acids is 1. The Hall–Kier alpha value is -2.31. The number of nitrogens with zero attached hydrogens (tertiary/aromatic N) is 2. The van der Waals surface area contributed by atoms with Gasteiger partial charge in [-0.1, -0.05) is 6.92 Å². The minimum Gasteiger partial charge on any atom is -0.477 e. The molecule has 0 bridgehead atoms. The Labute approximate surface area is 111 Å². The number of likely N-dealkylation sites (N-methyl/N-ethyl adjacent to an activating group) is 1. The van der Waals surface area contributed by atoms with Crippen molar-refractivity contribution in [3.63, 3.8) is 0 Å². The molecule has 104 valence electrons. The average molecular weight is 266 g/mol. The highest BCUT2D eigenvalue weighted by Gasteiger charge is 2.14. The zero-order chi connectivity index (χ0) is 14.4. The molecule has 4 N–H and O–H groups in total. The number of hydrogen-bond acceptors (Lipinski definition) is 5. The molecule has 1 aromatic heterocycles. The van der Waals surface area contributed by atoms with Gasteiger partial charge in [-0.15, -0.1) is 0 Å². The van der Waals surface area contributed by atoms with E-state index in [9.17, 15) is 9.59 Å². The summed E-state index contributed by atoms with van der Waals surface area (Å²) in [6.07, 6.45) is 0.852. The van der Waals surface area contributed by atoms with Crippen LogP contribution in [-0.2, 0) is 4.79 Å². The van der Waals surface area contributed by atoms with Crippen molar-refractivity contribution in [2.45, 2.75) is 13.3 Å². The summed E-state index contributed by atoms with van der Waals surface area (Å²) in [6, 6.07) is 2.79. The Balaban J connectivity index is 2.81. The number of anilines is 2. The van der Waals surface area contributed by atoms with Crippen LogP contribution in [0.25, 0.3) is 0 Å². The molecular weight excluding hydrogens is 248 g/mol. The molecular formula is C12H18N4O3. The van der Waals surface area contributed by atoms with Gasteiger partial charge in [0.1, 0.15) is 0 Å². The minimum atomic E-state index is -1.13. The number of nitrogen functional groups attached to an aromatic ring is 1. The number of amides is 1. The summed E-state index contributed by atoms with van der Waals surface area (Å²) in [4.78, 5) is 27.9. The van der Waals surface area contributed by atoms with Gasteiger partial charge in [0, 0.05) is 13.6 Å². The number of aromatic carboxylic acids is 1. The van der Waals surface area contributed by atoms with E-state index < -0.39 is 5.97 Å². The standard InChI is InChI=1S/C12H18N4O3/c1-3-6-14-10(17)7-16(2)11-8(13)4-5-9(15-11)12(18)19/h4-5H,3,6-7,13H2,1-2H3,(H,14,17)(H,18,19). The Morgan fingerprint density at radius 1 is 1.47 bits per heavy atom. The highest BCUT2D eigenvalue weighted by atomic mass is 16.4.